The van der Waals surface area contributed by atoms with Gasteiger partial charge < -0.3 is 15.3 Å². The SMILES string of the molecule is CNC(C)(C)C(=O)N1CCCC1CC(=O)O. The number of hydrogen-bond acceptors (Lipinski definition) is 3. The van der Waals surface area contributed by atoms with Crippen molar-refractivity contribution in [1.29, 1.82) is 0 Å². The Bertz CT molecular complexity index is 289. The molecule has 5 heteroatoms. The number of carboxylic acid groups (broad SMARTS) is 1. The van der Waals surface area contributed by atoms with Gasteiger partial charge in [0.05, 0.1) is 12.0 Å². The maximum Gasteiger partial charge on any atom is 0.305 e. The molecule has 0 bridgehead atoms. The molecule has 1 unspecified atom stereocenters. The molecule has 16 heavy (non-hydrogen) atoms. The first-order valence-corrected chi connectivity index (χ1v) is 5.60. The van der Waals surface area contributed by atoms with Gasteiger partial charge in [-0.1, -0.05) is 0 Å². The number of likely N-dealkylation sites (N-methyl/N-ethyl adjacent to an activating group) is 1. The Morgan fingerprint density at radius 1 is 1.50 bits per heavy atom. The summed E-state index contributed by atoms with van der Waals surface area (Å²) in [7, 11) is 1.74. The Labute approximate surface area is 95.8 Å². The van der Waals surface area contributed by atoms with Crippen molar-refractivity contribution in [3.63, 3.8) is 0 Å². The van der Waals surface area contributed by atoms with Crippen LogP contribution in [0.25, 0.3) is 0 Å². The van der Waals surface area contributed by atoms with Gasteiger partial charge in [-0.15, -0.1) is 0 Å². The smallest absolute Gasteiger partial charge is 0.305 e. The summed E-state index contributed by atoms with van der Waals surface area (Å²) in [6.07, 6.45) is 1.73. The molecule has 0 aromatic rings. The second kappa shape index (κ2) is 4.82. The first-order chi connectivity index (χ1) is 7.38. The Kier molecular flexibility index (Phi) is 3.91. The van der Waals surface area contributed by atoms with Gasteiger partial charge in [0.2, 0.25) is 5.91 Å². The summed E-state index contributed by atoms with van der Waals surface area (Å²) in [6.45, 7) is 4.29. The fourth-order valence-electron chi connectivity index (χ4n) is 1.98. The lowest BCUT2D eigenvalue weighted by Gasteiger charge is -2.32. The minimum atomic E-state index is -0.841. The van der Waals surface area contributed by atoms with E-state index in [0.29, 0.717) is 6.54 Å². The van der Waals surface area contributed by atoms with Crippen LogP contribution in [0.2, 0.25) is 0 Å². The quantitative estimate of drug-likeness (QED) is 0.733. The summed E-state index contributed by atoms with van der Waals surface area (Å²) in [6, 6.07) is -0.141. The second-order valence-corrected chi connectivity index (χ2v) is 4.77. The van der Waals surface area contributed by atoms with Gasteiger partial charge in [0, 0.05) is 12.6 Å². The Hall–Kier alpha value is -1.10. The topological polar surface area (TPSA) is 69.6 Å². The van der Waals surface area contributed by atoms with Crippen molar-refractivity contribution >= 4 is 11.9 Å². The van der Waals surface area contributed by atoms with Crippen molar-refractivity contribution in [2.45, 2.75) is 44.7 Å². The number of carboxylic acids is 1. The summed E-state index contributed by atoms with van der Waals surface area (Å²) in [4.78, 5) is 24.5. The number of rotatable bonds is 4. The first kappa shape index (κ1) is 13.0. The van der Waals surface area contributed by atoms with E-state index < -0.39 is 11.5 Å². The molecule has 1 amide bonds. The molecular weight excluding hydrogens is 208 g/mol. The zero-order valence-corrected chi connectivity index (χ0v) is 10.1. The van der Waals surface area contributed by atoms with Crippen LogP contribution in [0.1, 0.15) is 33.1 Å². The van der Waals surface area contributed by atoms with Crippen LogP contribution < -0.4 is 5.32 Å². The number of aliphatic carboxylic acids is 1. The largest absolute Gasteiger partial charge is 0.481 e. The number of amides is 1. The Morgan fingerprint density at radius 2 is 2.12 bits per heavy atom. The van der Waals surface area contributed by atoms with Gasteiger partial charge >= 0.3 is 5.97 Å². The van der Waals surface area contributed by atoms with Crippen molar-refractivity contribution < 1.29 is 14.7 Å². The molecule has 92 valence electrons. The third-order valence-electron chi connectivity index (χ3n) is 3.21. The third-order valence-corrected chi connectivity index (χ3v) is 3.21. The number of nitrogens with one attached hydrogen (secondary N) is 1. The average Bonchev–Trinajstić information content (AvgIpc) is 2.63. The molecule has 1 aliphatic rings. The molecule has 0 spiro atoms. The zero-order chi connectivity index (χ0) is 12.3. The normalized spacial score (nSPS) is 21.2. The van der Waals surface area contributed by atoms with Crippen LogP contribution in [0.3, 0.4) is 0 Å². The molecule has 0 aliphatic carbocycles. The molecule has 0 aromatic carbocycles. The minimum absolute atomic E-state index is 0.0150. The summed E-state index contributed by atoms with van der Waals surface area (Å²) >= 11 is 0. The summed E-state index contributed by atoms with van der Waals surface area (Å²) in [5.41, 5.74) is -0.624. The van der Waals surface area contributed by atoms with Crippen molar-refractivity contribution in [3.8, 4) is 0 Å². The van der Waals surface area contributed by atoms with E-state index in [1.165, 1.54) is 0 Å². The van der Waals surface area contributed by atoms with Crippen molar-refractivity contribution in [2.24, 2.45) is 0 Å². The third kappa shape index (κ3) is 2.72. The first-order valence-electron chi connectivity index (χ1n) is 5.60. The van der Waals surface area contributed by atoms with Crippen LogP contribution >= 0.6 is 0 Å². The van der Waals surface area contributed by atoms with E-state index in [0.717, 1.165) is 12.8 Å². The molecule has 1 heterocycles. The molecule has 1 saturated heterocycles. The number of carbonyl (C=O) groups is 2. The fraction of sp³-hybridized carbons (Fsp3) is 0.818. The molecule has 0 radical (unpaired) electrons. The molecule has 2 N–H and O–H groups in total. The van der Waals surface area contributed by atoms with Gasteiger partial charge in [0.25, 0.3) is 0 Å². The lowest BCUT2D eigenvalue weighted by Crippen LogP contribution is -2.54. The van der Waals surface area contributed by atoms with Gasteiger partial charge in [-0.3, -0.25) is 9.59 Å². The standard InChI is InChI=1S/C11H20N2O3/c1-11(2,12-3)10(16)13-6-4-5-8(13)7-9(14)15/h8,12H,4-7H2,1-3H3,(H,14,15). The highest BCUT2D eigenvalue weighted by Crippen LogP contribution is 2.23. The van der Waals surface area contributed by atoms with Gasteiger partial charge in [-0.25, -0.2) is 0 Å². The predicted octanol–water partition coefficient (Wildman–Crippen LogP) is 0.450. The number of carbonyl (C=O) groups excluding carboxylic acids is 1. The van der Waals surface area contributed by atoms with Crippen LogP contribution in [0, 0.1) is 0 Å². The lowest BCUT2D eigenvalue weighted by molar-refractivity contribution is -0.142. The maximum absolute atomic E-state index is 12.2. The van der Waals surface area contributed by atoms with Gasteiger partial charge in [0.1, 0.15) is 0 Å². The van der Waals surface area contributed by atoms with Crippen LogP contribution in [-0.4, -0.2) is 47.1 Å². The number of hydrogen-bond donors (Lipinski definition) is 2. The van der Waals surface area contributed by atoms with E-state index in [2.05, 4.69) is 5.32 Å². The van der Waals surface area contributed by atoms with Gasteiger partial charge in [-0.2, -0.15) is 0 Å². The van der Waals surface area contributed by atoms with Crippen molar-refractivity contribution in [3.05, 3.63) is 0 Å². The molecule has 0 saturated carbocycles. The van der Waals surface area contributed by atoms with Crippen LogP contribution in [-0.2, 0) is 9.59 Å². The predicted molar refractivity (Wildman–Crippen MR) is 60.1 cm³/mol. The van der Waals surface area contributed by atoms with Crippen molar-refractivity contribution in [2.75, 3.05) is 13.6 Å². The fourth-order valence-corrected chi connectivity index (χ4v) is 1.98. The highest BCUT2D eigenvalue weighted by Gasteiger charge is 2.37. The minimum Gasteiger partial charge on any atom is -0.481 e. The van der Waals surface area contributed by atoms with Crippen LogP contribution in [0.4, 0.5) is 0 Å². The maximum atomic E-state index is 12.2. The van der Waals surface area contributed by atoms with E-state index in [-0.39, 0.29) is 18.4 Å². The number of nitrogens with zero attached hydrogens (tertiary/aromatic N) is 1. The summed E-state index contributed by atoms with van der Waals surface area (Å²) in [5.74, 6) is -0.856. The zero-order valence-electron chi connectivity index (χ0n) is 10.1. The van der Waals surface area contributed by atoms with E-state index in [4.69, 9.17) is 5.11 Å². The van der Waals surface area contributed by atoms with E-state index >= 15 is 0 Å². The highest BCUT2D eigenvalue weighted by atomic mass is 16.4. The van der Waals surface area contributed by atoms with E-state index in [9.17, 15) is 9.59 Å². The molecule has 1 atom stereocenters. The summed E-state index contributed by atoms with van der Waals surface area (Å²) in [5, 5.41) is 11.7. The van der Waals surface area contributed by atoms with Crippen LogP contribution in [0.5, 0.6) is 0 Å². The Balaban J connectivity index is 2.71. The molecule has 1 fully saturated rings. The number of likely N-dealkylation sites (tertiary alicyclic amines) is 1. The molecule has 1 aliphatic heterocycles. The van der Waals surface area contributed by atoms with Crippen molar-refractivity contribution in [1.82, 2.24) is 10.2 Å². The molecule has 0 aromatic heterocycles. The monoisotopic (exact) mass is 228 g/mol. The lowest BCUT2D eigenvalue weighted by atomic mass is 10.0. The van der Waals surface area contributed by atoms with E-state index in [1.54, 1.807) is 11.9 Å². The highest BCUT2D eigenvalue weighted by molar-refractivity contribution is 5.86. The molecular formula is C11H20N2O3. The Morgan fingerprint density at radius 3 is 2.62 bits per heavy atom. The molecule has 1 rings (SSSR count). The second-order valence-electron chi connectivity index (χ2n) is 4.77. The average molecular weight is 228 g/mol. The van der Waals surface area contributed by atoms with Gasteiger partial charge in [-0.05, 0) is 33.7 Å². The van der Waals surface area contributed by atoms with Gasteiger partial charge in [0.15, 0.2) is 0 Å². The summed E-state index contributed by atoms with van der Waals surface area (Å²) < 4.78 is 0. The molecule has 5 nitrogen and oxygen atoms in total. The van der Waals surface area contributed by atoms with Crippen LogP contribution in [0.15, 0.2) is 0 Å². The van der Waals surface area contributed by atoms with E-state index in [1.807, 2.05) is 13.8 Å².